The van der Waals surface area contributed by atoms with E-state index >= 15 is 0 Å². The fourth-order valence-electron chi connectivity index (χ4n) is 2.45. The van der Waals surface area contributed by atoms with Crippen LogP contribution in [0.15, 0.2) is 42.7 Å². The van der Waals surface area contributed by atoms with E-state index in [0.29, 0.717) is 5.56 Å². The summed E-state index contributed by atoms with van der Waals surface area (Å²) in [5, 5.41) is 0. The van der Waals surface area contributed by atoms with Crippen molar-refractivity contribution in [1.29, 1.82) is 0 Å². The summed E-state index contributed by atoms with van der Waals surface area (Å²) in [5.74, 6) is -1.81. The monoisotopic (exact) mass is 422 g/mol. The molecule has 0 atom stereocenters. The maximum absolute atomic E-state index is 14.9. The molecule has 2 heterocycles. The highest BCUT2D eigenvalue weighted by molar-refractivity contribution is 5.92. The van der Waals surface area contributed by atoms with Gasteiger partial charge in [-0.05, 0) is 30.3 Å². The molecule has 0 saturated carbocycles. The van der Waals surface area contributed by atoms with Crippen molar-refractivity contribution < 1.29 is 31.8 Å². The van der Waals surface area contributed by atoms with Crippen LogP contribution < -0.4 is 10.5 Å². The number of carbonyl (C=O) groups excluding carboxylic acids is 1. The van der Waals surface area contributed by atoms with Gasteiger partial charge in [-0.1, -0.05) is 0 Å². The number of esters is 1. The Hall–Kier alpha value is -3.76. The Morgan fingerprint density at radius 2 is 1.80 bits per heavy atom. The van der Waals surface area contributed by atoms with Gasteiger partial charge in [-0.3, -0.25) is 0 Å². The van der Waals surface area contributed by atoms with Crippen LogP contribution in [-0.2, 0) is 4.74 Å². The molecule has 0 fully saturated rings. The zero-order chi connectivity index (χ0) is 21.9. The van der Waals surface area contributed by atoms with E-state index in [-0.39, 0.29) is 28.6 Å². The molecule has 0 aliphatic carbocycles. The van der Waals surface area contributed by atoms with Gasteiger partial charge in [0.15, 0.2) is 12.4 Å². The Morgan fingerprint density at radius 3 is 2.37 bits per heavy atom. The average Bonchev–Trinajstić information content (AvgIpc) is 2.72. The average molecular weight is 422 g/mol. The predicted octanol–water partition coefficient (Wildman–Crippen LogP) is 3.65. The van der Waals surface area contributed by atoms with Gasteiger partial charge in [0.2, 0.25) is 0 Å². The fourth-order valence-corrected chi connectivity index (χ4v) is 2.45. The zero-order valence-corrected chi connectivity index (χ0v) is 15.4. The van der Waals surface area contributed by atoms with E-state index in [9.17, 15) is 22.4 Å². The van der Waals surface area contributed by atoms with Crippen molar-refractivity contribution in [3.63, 3.8) is 0 Å². The summed E-state index contributed by atoms with van der Waals surface area (Å²) in [5.41, 5.74) is 5.40. The molecule has 0 amide bonds. The molecule has 0 unspecified atom stereocenters. The standard InChI is InChI=1S/C19H14F4N4O3/c1-29-18(28)12-6-13(10-2-4-11(5-3-10)30-9-19(21,22)23)27-17(16(12)20)14-7-26-15(24)8-25-14/h2-8H,9H2,1H3,(H2,24,26). The molecular weight excluding hydrogens is 408 g/mol. The summed E-state index contributed by atoms with van der Waals surface area (Å²) in [7, 11) is 1.09. The zero-order valence-electron chi connectivity index (χ0n) is 15.4. The molecule has 11 heteroatoms. The second-order valence-corrected chi connectivity index (χ2v) is 5.96. The van der Waals surface area contributed by atoms with E-state index < -0.39 is 30.1 Å². The first-order chi connectivity index (χ1) is 14.2. The highest BCUT2D eigenvalue weighted by Gasteiger charge is 2.28. The third-order valence-electron chi connectivity index (χ3n) is 3.83. The van der Waals surface area contributed by atoms with E-state index in [1.807, 2.05) is 0 Å². The van der Waals surface area contributed by atoms with Crippen LogP contribution in [-0.4, -0.2) is 40.8 Å². The summed E-state index contributed by atoms with van der Waals surface area (Å²) < 4.78 is 61.0. The number of rotatable bonds is 5. The van der Waals surface area contributed by atoms with Crippen molar-refractivity contribution in [3.8, 4) is 28.4 Å². The third kappa shape index (κ3) is 4.80. The number of carbonyl (C=O) groups is 1. The number of ether oxygens (including phenoxy) is 2. The fraction of sp³-hybridized carbons (Fsp3) is 0.158. The quantitative estimate of drug-likeness (QED) is 0.495. The number of alkyl halides is 3. The van der Waals surface area contributed by atoms with Crippen molar-refractivity contribution in [2.75, 3.05) is 19.5 Å². The van der Waals surface area contributed by atoms with Crippen LogP contribution in [0, 0.1) is 5.82 Å². The second-order valence-electron chi connectivity index (χ2n) is 5.96. The highest BCUT2D eigenvalue weighted by atomic mass is 19.4. The molecule has 2 N–H and O–H groups in total. The molecule has 3 aromatic rings. The van der Waals surface area contributed by atoms with Gasteiger partial charge in [-0.2, -0.15) is 13.2 Å². The smallest absolute Gasteiger partial charge is 0.422 e. The van der Waals surface area contributed by atoms with Gasteiger partial charge in [-0.15, -0.1) is 0 Å². The van der Waals surface area contributed by atoms with Crippen LogP contribution in [0.5, 0.6) is 5.75 Å². The Labute approximate surface area is 167 Å². The van der Waals surface area contributed by atoms with Crippen LogP contribution >= 0.6 is 0 Å². The molecule has 2 aromatic heterocycles. The second kappa shape index (κ2) is 8.31. The van der Waals surface area contributed by atoms with Gasteiger partial charge in [0.25, 0.3) is 0 Å². The molecule has 1 aromatic carbocycles. The number of methoxy groups -OCH3 is 1. The lowest BCUT2D eigenvalue weighted by Crippen LogP contribution is -2.19. The summed E-state index contributed by atoms with van der Waals surface area (Å²) in [6.07, 6.45) is -2.07. The number of nitrogens with two attached hydrogens (primary N) is 1. The summed E-state index contributed by atoms with van der Waals surface area (Å²) in [6.45, 7) is -1.44. The molecule has 0 aliphatic rings. The van der Waals surface area contributed by atoms with E-state index in [4.69, 9.17) is 5.73 Å². The van der Waals surface area contributed by atoms with Gasteiger partial charge in [0.05, 0.1) is 30.8 Å². The molecule has 0 saturated heterocycles. The normalized spacial score (nSPS) is 11.2. The van der Waals surface area contributed by atoms with Gasteiger partial charge >= 0.3 is 12.1 Å². The number of anilines is 1. The van der Waals surface area contributed by atoms with Crippen molar-refractivity contribution in [1.82, 2.24) is 15.0 Å². The summed E-state index contributed by atoms with van der Waals surface area (Å²) >= 11 is 0. The van der Waals surface area contributed by atoms with Gasteiger partial charge in [0.1, 0.15) is 23.0 Å². The minimum absolute atomic E-state index is 0.0176. The van der Waals surface area contributed by atoms with Crippen LogP contribution in [0.4, 0.5) is 23.4 Å². The molecule has 30 heavy (non-hydrogen) atoms. The number of nitrogens with zero attached hydrogens (tertiary/aromatic N) is 3. The summed E-state index contributed by atoms with van der Waals surface area (Å²) in [4.78, 5) is 24.0. The molecular formula is C19H14F4N4O3. The van der Waals surface area contributed by atoms with Gasteiger partial charge in [0, 0.05) is 5.56 Å². The van der Waals surface area contributed by atoms with Crippen molar-refractivity contribution in [3.05, 3.63) is 54.1 Å². The number of nitrogen functional groups attached to an aromatic ring is 1. The van der Waals surface area contributed by atoms with Crippen molar-refractivity contribution in [2.24, 2.45) is 0 Å². The van der Waals surface area contributed by atoms with Crippen LogP contribution in [0.25, 0.3) is 22.6 Å². The topological polar surface area (TPSA) is 100 Å². The number of hydrogen-bond donors (Lipinski definition) is 1. The first kappa shape index (κ1) is 21.0. The maximum Gasteiger partial charge on any atom is 0.422 e. The Bertz CT molecular complexity index is 1060. The van der Waals surface area contributed by atoms with Crippen molar-refractivity contribution in [2.45, 2.75) is 6.18 Å². The van der Waals surface area contributed by atoms with Crippen LogP contribution in [0.3, 0.4) is 0 Å². The molecule has 0 aliphatic heterocycles. The number of aromatic nitrogens is 3. The van der Waals surface area contributed by atoms with E-state index in [2.05, 4.69) is 24.4 Å². The predicted molar refractivity (Wildman–Crippen MR) is 98.0 cm³/mol. The first-order valence-electron chi connectivity index (χ1n) is 8.34. The highest BCUT2D eigenvalue weighted by Crippen LogP contribution is 2.29. The molecule has 0 radical (unpaired) electrons. The maximum atomic E-state index is 14.9. The molecule has 0 bridgehead atoms. The number of hydrogen-bond acceptors (Lipinski definition) is 7. The largest absolute Gasteiger partial charge is 0.484 e. The van der Waals surface area contributed by atoms with Crippen LogP contribution in [0.2, 0.25) is 0 Å². The Morgan fingerprint density at radius 1 is 1.10 bits per heavy atom. The Balaban J connectivity index is 2.03. The first-order valence-corrected chi connectivity index (χ1v) is 8.34. The van der Waals surface area contributed by atoms with Gasteiger partial charge in [-0.25, -0.2) is 24.1 Å². The van der Waals surface area contributed by atoms with Gasteiger partial charge < -0.3 is 15.2 Å². The lowest BCUT2D eigenvalue weighted by atomic mass is 10.1. The third-order valence-corrected chi connectivity index (χ3v) is 3.83. The number of halogens is 4. The molecule has 7 nitrogen and oxygen atoms in total. The lowest BCUT2D eigenvalue weighted by molar-refractivity contribution is -0.153. The summed E-state index contributed by atoms with van der Waals surface area (Å²) in [6, 6.07) is 6.61. The molecule has 156 valence electrons. The van der Waals surface area contributed by atoms with Crippen molar-refractivity contribution >= 4 is 11.8 Å². The van der Waals surface area contributed by atoms with E-state index in [1.165, 1.54) is 42.7 Å². The SMILES string of the molecule is COC(=O)c1cc(-c2ccc(OCC(F)(F)F)cc2)nc(-c2cnc(N)cn2)c1F. The lowest BCUT2D eigenvalue weighted by Gasteiger charge is -2.11. The van der Waals surface area contributed by atoms with E-state index in [1.54, 1.807) is 0 Å². The minimum atomic E-state index is -4.47. The molecule has 3 rings (SSSR count). The van der Waals surface area contributed by atoms with E-state index in [0.717, 1.165) is 7.11 Å². The Kier molecular flexibility index (Phi) is 5.81. The number of pyridine rings is 1. The number of benzene rings is 1. The molecule has 0 spiro atoms. The minimum Gasteiger partial charge on any atom is -0.484 e. The van der Waals surface area contributed by atoms with Crippen LogP contribution in [0.1, 0.15) is 10.4 Å².